The van der Waals surface area contributed by atoms with Gasteiger partial charge in [-0.15, -0.1) is 0 Å². The monoisotopic (exact) mass is 379 g/mol. The van der Waals surface area contributed by atoms with E-state index in [4.69, 9.17) is 5.73 Å². The Labute approximate surface area is 168 Å². The Morgan fingerprint density at radius 3 is 2.52 bits per heavy atom. The molecule has 29 heavy (non-hydrogen) atoms. The molecule has 0 unspecified atom stereocenters. The van der Waals surface area contributed by atoms with Gasteiger partial charge in [-0.05, 0) is 48.0 Å². The number of fused-ring (bicyclic) bond motifs is 1. The van der Waals surface area contributed by atoms with Crippen LogP contribution < -0.4 is 11.1 Å². The molecule has 5 heteroatoms. The Morgan fingerprint density at radius 2 is 1.72 bits per heavy atom. The third-order valence-electron chi connectivity index (χ3n) is 4.46. The molecule has 140 valence electrons. The molecule has 0 aliphatic carbocycles. The summed E-state index contributed by atoms with van der Waals surface area (Å²) in [7, 11) is 0. The van der Waals surface area contributed by atoms with Gasteiger partial charge in [0.25, 0.3) is 0 Å². The maximum absolute atomic E-state index is 12.4. The zero-order chi connectivity index (χ0) is 20.2. The van der Waals surface area contributed by atoms with Crippen LogP contribution in [0.4, 0.5) is 11.4 Å². The van der Waals surface area contributed by atoms with E-state index in [1.807, 2.05) is 54.6 Å². The minimum Gasteiger partial charge on any atom is -0.366 e. The molecule has 3 N–H and O–H groups in total. The molecule has 1 aliphatic rings. The van der Waals surface area contributed by atoms with Crippen molar-refractivity contribution in [2.24, 2.45) is 10.7 Å². The molecule has 2 amide bonds. The maximum Gasteiger partial charge on any atom is 0.248 e. The van der Waals surface area contributed by atoms with Crippen molar-refractivity contribution in [3.05, 3.63) is 95.1 Å². The number of benzene rings is 3. The highest BCUT2D eigenvalue weighted by Crippen LogP contribution is 2.30. The summed E-state index contributed by atoms with van der Waals surface area (Å²) in [5.74, 6) is 5.51. The number of aliphatic imine (C=N–C) groups is 1. The van der Waals surface area contributed by atoms with Gasteiger partial charge < -0.3 is 11.1 Å². The van der Waals surface area contributed by atoms with Gasteiger partial charge in [-0.2, -0.15) is 0 Å². The van der Waals surface area contributed by atoms with Crippen molar-refractivity contribution in [3.8, 4) is 11.8 Å². The van der Waals surface area contributed by atoms with Crippen molar-refractivity contribution in [2.75, 3.05) is 5.32 Å². The van der Waals surface area contributed by atoms with Crippen molar-refractivity contribution in [1.29, 1.82) is 0 Å². The quantitative estimate of drug-likeness (QED) is 0.666. The normalized spacial score (nSPS) is 12.6. The average Bonchev–Trinajstić information content (AvgIpc) is 2.90. The van der Waals surface area contributed by atoms with Gasteiger partial charge in [-0.3, -0.25) is 14.6 Å². The van der Waals surface area contributed by atoms with Crippen LogP contribution in [0.3, 0.4) is 0 Å². The highest BCUT2D eigenvalue weighted by atomic mass is 16.2. The summed E-state index contributed by atoms with van der Waals surface area (Å²) in [6.45, 7) is 0. The molecule has 1 aliphatic heterocycles. The highest BCUT2D eigenvalue weighted by Gasteiger charge is 2.18. The number of carbonyl (C=O) groups is 2. The lowest BCUT2D eigenvalue weighted by Crippen LogP contribution is -2.16. The second-order valence-corrected chi connectivity index (χ2v) is 6.58. The van der Waals surface area contributed by atoms with E-state index < -0.39 is 5.91 Å². The van der Waals surface area contributed by atoms with Gasteiger partial charge in [-0.25, -0.2) is 0 Å². The fourth-order valence-corrected chi connectivity index (χ4v) is 3.03. The number of nitrogens with one attached hydrogen (secondary N) is 1. The van der Waals surface area contributed by atoms with Crippen LogP contribution in [0.2, 0.25) is 0 Å². The first-order valence-electron chi connectivity index (χ1n) is 9.07. The maximum atomic E-state index is 12.4. The number of amides is 2. The Bertz CT molecular complexity index is 1200. The standard InChI is InChI=1S/C24H17N3O2/c25-24(29)19-8-4-7-18(14-19)21-15-23(28)27-22-13-17(11-12-20(22)26-21)10-9-16-5-2-1-3-6-16/h1-8,11-14H,15H2,(H2,25,29)(H,27,28). The number of carbonyl (C=O) groups excluding carboxylic acids is 2. The fraction of sp³-hybridized carbons (Fsp3) is 0.0417. The molecule has 0 saturated heterocycles. The first-order chi connectivity index (χ1) is 14.1. The smallest absolute Gasteiger partial charge is 0.248 e. The van der Waals surface area contributed by atoms with Crippen molar-refractivity contribution < 1.29 is 9.59 Å². The Balaban J connectivity index is 1.70. The summed E-state index contributed by atoms with van der Waals surface area (Å²) in [5, 5.41) is 2.89. The Morgan fingerprint density at radius 1 is 0.931 bits per heavy atom. The van der Waals surface area contributed by atoms with Crippen molar-refractivity contribution >= 4 is 28.9 Å². The molecule has 0 spiro atoms. The molecule has 0 fully saturated rings. The molecular weight excluding hydrogens is 362 g/mol. The second kappa shape index (κ2) is 7.83. The summed E-state index contributed by atoms with van der Waals surface area (Å²) in [6.07, 6.45) is 0.0991. The Hall–Kier alpha value is -4.17. The zero-order valence-corrected chi connectivity index (χ0v) is 15.5. The number of anilines is 1. The van der Waals surface area contributed by atoms with E-state index >= 15 is 0 Å². The van der Waals surface area contributed by atoms with Crippen LogP contribution in [-0.2, 0) is 4.79 Å². The predicted molar refractivity (Wildman–Crippen MR) is 113 cm³/mol. The number of hydrogen-bond donors (Lipinski definition) is 2. The number of rotatable bonds is 2. The van der Waals surface area contributed by atoms with Crippen LogP contribution in [0.25, 0.3) is 0 Å². The minimum atomic E-state index is -0.521. The van der Waals surface area contributed by atoms with Crippen molar-refractivity contribution in [3.63, 3.8) is 0 Å². The van der Waals surface area contributed by atoms with Gasteiger partial charge >= 0.3 is 0 Å². The van der Waals surface area contributed by atoms with E-state index in [1.54, 1.807) is 18.2 Å². The number of primary amides is 1. The first-order valence-corrected chi connectivity index (χ1v) is 9.07. The van der Waals surface area contributed by atoms with Crippen molar-refractivity contribution in [1.82, 2.24) is 0 Å². The van der Waals surface area contributed by atoms with E-state index in [1.165, 1.54) is 0 Å². The third-order valence-corrected chi connectivity index (χ3v) is 4.46. The van der Waals surface area contributed by atoms with Crippen molar-refractivity contribution in [2.45, 2.75) is 6.42 Å². The van der Waals surface area contributed by atoms with E-state index in [0.717, 1.165) is 11.1 Å². The van der Waals surface area contributed by atoms with Crippen LogP contribution in [-0.4, -0.2) is 17.5 Å². The molecule has 0 aromatic heterocycles. The lowest BCUT2D eigenvalue weighted by molar-refractivity contribution is -0.115. The van der Waals surface area contributed by atoms with Crippen LogP contribution in [0.15, 0.2) is 77.8 Å². The van der Waals surface area contributed by atoms with Gasteiger partial charge in [0, 0.05) is 16.7 Å². The average molecular weight is 379 g/mol. The second-order valence-electron chi connectivity index (χ2n) is 6.58. The molecule has 0 bridgehead atoms. The summed E-state index contributed by atoms with van der Waals surface area (Å²) in [6, 6.07) is 22.0. The van der Waals surface area contributed by atoms with Crippen LogP contribution in [0.5, 0.6) is 0 Å². The summed E-state index contributed by atoms with van der Waals surface area (Å²) < 4.78 is 0. The number of hydrogen-bond acceptors (Lipinski definition) is 3. The summed E-state index contributed by atoms with van der Waals surface area (Å²) in [4.78, 5) is 28.5. The minimum absolute atomic E-state index is 0.0991. The van der Waals surface area contributed by atoms with Crippen LogP contribution in [0.1, 0.15) is 33.5 Å². The van der Waals surface area contributed by atoms with Gasteiger partial charge in [-0.1, -0.05) is 42.2 Å². The lowest BCUT2D eigenvalue weighted by atomic mass is 10.0. The van der Waals surface area contributed by atoms with E-state index in [0.29, 0.717) is 28.2 Å². The molecule has 0 saturated carbocycles. The topological polar surface area (TPSA) is 84.6 Å². The van der Waals surface area contributed by atoms with Gasteiger partial charge in [0.2, 0.25) is 11.8 Å². The number of nitrogens with two attached hydrogens (primary N) is 1. The first kappa shape index (κ1) is 18.2. The Kier molecular flexibility index (Phi) is 4.91. The predicted octanol–water partition coefficient (Wildman–Crippen LogP) is 3.65. The van der Waals surface area contributed by atoms with E-state index in [-0.39, 0.29) is 12.3 Å². The largest absolute Gasteiger partial charge is 0.366 e. The van der Waals surface area contributed by atoms with Gasteiger partial charge in [0.1, 0.15) is 0 Å². The molecule has 0 radical (unpaired) electrons. The molecule has 3 aromatic carbocycles. The van der Waals surface area contributed by atoms with Gasteiger partial charge in [0.05, 0.1) is 23.5 Å². The lowest BCUT2D eigenvalue weighted by Gasteiger charge is -2.05. The zero-order valence-electron chi connectivity index (χ0n) is 15.5. The summed E-state index contributed by atoms with van der Waals surface area (Å²) in [5.41, 5.74) is 9.95. The SMILES string of the molecule is NC(=O)c1cccc(C2=Nc3ccc(C#Cc4ccccc4)cc3NC(=O)C2)c1. The summed E-state index contributed by atoms with van der Waals surface area (Å²) >= 11 is 0. The third kappa shape index (κ3) is 4.23. The molecule has 5 nitrogen and oxygen atoms in total. The highest BCUT2D eigenvalue weighted by molar-refractivity contribution is 6.17. The molecule has 0 atom stereocenters. The van der Waals surface area contributed by atoms with E-state index in [2.05, 4.69) is 22.2 Å². The van der Waals surface area contributed by atoms with Gasteiger partial charge in [0.15, 0.2) is 0 Å². The molecule has 4 rings (SSSR count). The molecule has 1 heterocycles. The van der Waals surface area contributed by atoms with Crippen LogP contribution in [0, 0.1) is 11.8 Å². The molecule has 3 aromatic rings. The number of nitrogens with zero attached hydrogens (tertiary/aromatic N) is 1. The van der Waals surface area contributed by atoms with E-state index in [9.17, 15) is 9.59 Å². The fourth-order valence-electron chi connectivity index (χ4n) is 3.03. The molecular formula is C24H17N3O2. The van der Waals surface area contributed by atoms with Crippen LogP contribution >= 0.6 is 0 Å².